The van der Waals surface area contributed by atoms with E-state index < -0.39 is 42.9 Å². The van der Waals surface area contributed by atoms with Gasteiger partial charge < -0.3 is 24.7 Å². The molecular weight excluding hydrogens is 430 g/mol. The summed E-state index contributed by atoms with van der Waals surface area (Å²) in [5.74, 6) is -3.44. The molecule has 1 N–H and O–H groups in total. The lowest BCUT2D eigenvalue weighted by molar-refractivity contribution is -0.384. The number of hydrogen-bond donors (Lipinski definition) is 1. The van der Waals surface area contributed by atoms with E-state index in [-0.39, 0.29) is 11.4 Å². The molecule has 0 saturated carbocycles. The van der Waals surface area contributed by atoms with Crippen molar-refractivity contribution in [3.8, 4) is 0 Å². The minimum absolute atomic E-state index is 0.307. The molecule has 0 amide bonds. The number of benzene rings is 2. The SMILES string of the molecule is O=C([O-])c1cc(NS(=O)(=O)c2ccc(N3CCCCC3)c([N+](=O)[O-])c2)cc(C(=O)[O-])c1. The van der Waals surface area contributed by atoms with Crippen molar-refractivity contribution >= 4 is 39.0 Å². The van der Waals surface area contributed by atoms with E-state index in [4.69, 9.17) is 0 Å². The van der Waals surface area contributed by atoms with Crippen molar-refractivity contribution in [2.24, 2.45) is 0 Å². The minimum Gasteiger partial charge on any atom is -0.545 e. The predicted octanol–water partition coefficient (Wildman–Crippen LogP) is 0.113. The van der Waals surface area contributed by atoms with Crippen molar-refractivity contribution in [3.63, 3.8) is 0 Å². The van der Waals surface area contributed by atoms with Crippen LogP contribution in [0.2, 0.25) is 0 Å². The van der Waals surface area contributed by atoms with Crippen molar-refractivity contribution in [1.82, 2.24) is 0 Å². The summed E-state index contributed by atoms with van der Waals surface area (Å²) < 4.78 is 27.5. The highest BCUT2D eigenvalue weighted by molar-refractivity contribution is 7.92. The summed E-state index contributed by atoms with van der Waals surface area (Å²) >= 11 is 0. The van der Waals surface area contributed by atoms with Crippen LogP contribution in [-0.4, -0.2) is 38.4 Å². The van der Waals surface area contributed by atoms with Gasteiger partial charge in [-0.15, -0.1) is 0 Å². The van der Waals surface area contributed by atoms with Crippen molar-refractivity contribution in [2.45, 2.75) is 24.2 Å². The largest absolute Gasteiger partial charge is 0.545 e. The highest BCUT2D eigenvalue weighted by atomic mass is 32.2. The van der Waals surface area contributed by atoms with Gasteiger partial charge in [-0.3, -0.25) is 14.8 Å². The predicted molar refractivity (Wildman–Crippen MR) is 105 cm³/mol. The molecule has 11 nitrogen and oxygen atoms in total. The van der Waals surface area contributed by atoms with Crippen molar-refractivity contribution in [1.29, 1.82) is 0 Å². The number of carbonyl (C=O) groups is 2. The van der Waals surface area contributed by atoms with Gasteiger partial charge in [0.15, 0.2) is 0 Å². The molecule has 12 heteroatoms. The molecule has 0 radical (unpaired) electrons. The van der Waals surface area contributed by atoms with E-state index in [2.05, 4.69) is 0 Å². The van der Waals surface area contributed by atoms with Gasteiger partial charge in [-0.2, -0.15) is 0 Å². The van der Waals surface area contributed by atoms with Crippen LogP contribution in [0.4, 0.5) is 17.1 Å². The lowest BCUT2D eigenvalue weighted by Crippen LogP contribution is -2.30. The van der Waals surface area contributed by atoms with E-state index in [1.165, 1.54) is 12.1 Å². The molecule has 0 aliphatic carbocycles. The summed E-state index contributed by atoms with van der Waals surface area (Å²) in [5.41, 5.74) is -1.61. The van der Waals surface area contributed by atoms with E-state index in [1.807, 2.05) is 9.62 Å². The first-order chi connectivity index (χ1) is 14.6. The first-order valence-electron chi connectivity index (χ1n) is 9.22. The van der Waals surface area contributed by atoms with Crippen LogP contribution in [0.3, 0.4) is 0 Å². The number of piperidine rings is 1. The van der Waals surface area contributed by atoms with E-state index in [0.29, 0.717) is 18.8 Å². The third-order valence-electron chi connectivity index (χ3n) is 4.81. The first-order valence-corrected chi connectivity index (χ1v) is 10.7. The monoisotopic (exact) mass is 447 g/mol. The molecule has 0 spiro atoms. The zero-order chi connectivity index (χ0) is 22.8. The van der Waals surface area contributed by atoms with Crippen LogP contribution < -0.4 is 19.8 Å². The second-order valence-electron chi connectivity index (χ2n) is 6.93. The Bertz CT molecular complexity index is 1120. The summed E-state index contributed by atoms with van der Waals surface area (Å²) in [5, 5.41) is 33.7. The molecule has 1 heterocycles. The lowest BCUT2D eigenvalue weighted by atomic mass is 10.1. The number of anilines is 2. The Morgan fingerprint density at radius 1 is 0.935 bits per heavy atom. The van der Waals surface area contributed by atoms with Crippen LogP contribution in [0.1, 0.15) is 40.0 Å². The summed E-state index contributed by atoms with van der Waals surface area (Å²) in [4.78, 5) is 34.5. The fourth-order valence-electron chi connectivity index (χ4n) is 3.36. The number of nitro benzene ring substituents is 1. The van der Waals surface area contributed by atoms with Crippen LogP contribution in [0.15, 0.2) is 41.3 Å². The average molecular weight is 447 g/mol. The maximum absolute atomic E-state index is 12.8. The van der Waals surface area contributed by atoms with Gasteiger partial charge in [-0.1, -0.05) is 0 Å². The lowest BCUT2D eigenvalue weighted by Gasteiger charge is -2.28. The molecule has 2 aromatic rings. The maximum atomic E-state index is 12.8. The Balaban J connectivity index is 1.98. The first kappa shape index (κ1) is 22.0. The zero-order valence-electron chi connectivity index (χ0n) is 16.1. The number of carboxylic acids is 2. The molecule has 1 aliphatic rings. The van der Waals surface area contributed by atoms with E-state index in [9.17, 15) is 38.3 Å². The van der Waals surface area contributed by atoms with Gasteiger partial charge in [0.1, 0.15) is 5.69 Å². The number of nitro groups is 1. The van der Waals surface area contributed by atoms with Crippen LogP contribution in [0.25, 0.3) is 0 Å². The molecule has 1 saturated heterocycles. The van der Waals surface area contributed by atoms with Crippen molar-refractivity contribution in [3.05, 3.63) is 57.6 Å². The summed E-state index contributed by atoms with van der Waals surface area (Å²) in [6.07, 6.45) is 2.75. The molecular formula is C19H17N3O8S-2. The molecule has 0 unspecified atom stereocenters. The number of nitrogens with zero attached hydrogens (tertiary/aromatic N) is 2. The van der Waals surface area contributed by atoms with Gasteiger partial charge in [-0.25, -0.2) is 8.42 Å². The second-order valence-corrected chi connectivity index (χ2v) is 8.62. The third-order valence-corrected chi connectivity index (χ3v) is 6.19. The number of aromatic carboxylic acids is 2. The van der Waals surface area contributed by atoms with Crippen molar-refractivity contribution < 1.29 is 33.1 Å². The van der Waals surface area contributed by atoms with Gasteiger partial charge in [0.2, 0.25) is 0 Å². The maximum Gasteiger partial charge on any atom is 0.293 e. The molecule has 2 aromatic carbocycles. The Morgan fingerprint density at radius 3 is 2.03 bits per heavy atom. The fourth-order valence-corrected chi connectivity index (χ4v) is 4.42. The number of carbonyl (C=O) groups excluding carboxylic acids is 2. The molecule has 31 heavy (non-hydrogen) atoms. The quantitative estimate of drug-likeness (QED) is 0.456. The third kappa shape index (κ3) is 4.91. The number of carboxylic acid groups (broad SMARTS) is 2. The van der Waals surface area contributed by atoms with Crippen LogP contribution in [0, 0.1) is 10.1 Å². The normalized spacial score (nSPS) is 14.1. The van der Waals surface area contributed by atoms with Gasteiger partial charge in [0.25, 0.3) is 15.7 Å². The average Bonchev–Trinajstić information content (AvgIpc) is 2.73. The second kappa shape index (κ2) is 8.60. The molecule has 164 valence electrons. The van der Waals surface area contributed by atoms with Crippen LogP contribution in [0.5, 0.6) is 0 Å². The molecule has 1 aliphatic heterocycles. The number of hydrogen-bond acceptors (Lipinski definition) is 9. The minimum atomic E-state index is -4.40. The molecule has 0 bridgehead atoms. The van der Waals surface area contributed by atoms with Gasteiger partial charge in [0, 0.05) is 19.2 Å². The van der Waals surface area contributed by atoms with E-state index in [1.54, 1.807) is 0 Å². The smallest absolute Gasteiger partial charge is 0.293 e. The Labute approximate surface area is 177 Å². The van der Waals surface area contributed by atoms with E-state index >= 15 is 0 Å². The van der Waals surface area contributed by atoms with Gasteiger partial charge in [-0.05, 0) is 60.7 Å². The van der Waals surface area contributed by atoms with Crippen molar-refractivity contribution in [2.75, 3.05) is 22.7 Å². The fraction of sp³-hybridized carbons (Fsp3) is 0.263. The van der Waals surface area contributed by atoms with Gasteiger partial charge in [0.05, 0.1) is 27.4 Å². The topological polar surface area (TPSA) is 173 Å². The van der Waals surface area contributed by atoms with E-state index in [0.717, 1.165) is 43.5 Å². The highest BCUT2D eigenvalue weighted by Crippen LogP contribution is 2.33. The molecule has 0 aromatic heterocycles. The molecule has 0 atom stereocenters. The Morgan fingerprint density at radius 2 is 1.52 bits per heavy atom. The molecule has 1 fully saturated rings. The van der Waals surface area contributed by atoms with Gasteiger partial charge >= 0.3 is 0 Å². The summed E-state index contributed by atoms with van der Waals surface area (Å²) in [6, 6.07) is 5.96. The van der Waals surface area contributed by atoms with Crippen LogP contribution in [-0.2, 0) is 10.0 Å². The van der Waals surface area contributed by atoms with Crippen LogP contribution >= 0.6 is 0 Å². The summed E-state index contributed by atoms with van der Waals surface area (Å²) in [7, 11) is -4.40. The zero-order valence-corrected chi connectivity index (χ0v) is 16.9. The number of nitrogens with one attached hydrogen (secondary N) is 1. The highest BCUT2D eigenvalue weighted by Gasteiger charge is 2.25. The molecule has 3 rings (SSSR count). The summed E-state index contributed by atoms with van der Waals surface area (Å²) in [6.45, 7) is 1.24. The Kier molecular flexibility index (Phi) is 6.11. The Hall–Kier alpha value is -3.67. The standard InChI is InChI=1S/C19H19N3O8S/c23-18(24)12-8-13(19(25)26)10-14(9-12)20-31(29,30)15-4-5-16(17(11-15)22(27)28)21-6-2-1-3-7-21/h4-5,8-11,20H,1-3,6-7H2,(H,23,24)(H,25,26)/p-2. The number of rotatable bonds is 7. The number of sulfonamides is 1.